The summed E-state index contributed by atoms with van der Waals surface area (Å²) in [5.74, 6) is -3.88. The van der Waals surface area contributed by atoms with Crippen LogP contribution in [-0.2, 0) is 0 Å². The smallest absolute Gasteiger partial charge is 0.408 e. The molecule has 3 unspecified atom stereocenters. The molecule has 0 saturated carbocycles. The quantitative estimate of drug-likeness (QED) is 0.701. The standard InChI is InChI=1S/C16H16F2N4O3S/c17-9-2-1-3-10(18)13(9)14(23)8-7-22(16(24)25)12(6-11(8)19)21-15-20-4-5-26-15/h1-5,8,11-12H,6-7,19H2,(H,20,21)(H,24,25). The van der Waals surface area contributed by atoms with Gasteiger partial charge in [0.05, 0.1) is 11.5 Å². The summed E-state index contributed by atoms with van der Waals surface area (Å²) in [6.45, 7) is -0.272. The fourth-order valence-corrected chi connectivity index (χ4v) is 3.58. The van der Waals surface area contributed by atoms with Gasteiger partial charge in [-0.3, -0.25) is 9.69 Å². The molecule has 3 rings (SSSR count). The molecule has 1 aromatic heterocycles. The highest BCUT2D eigenvalue weighted by atomic mass is 32.1. The maximum Gasteiger partial charge on any atom is 0.408 e. The van der Waals surface area contributed by atoms with E-state index in [1.165, 1.54) is 11.3 Å². The molecule has 10 heteroatoms. The van der Waals surface area contributed by atoms with Gasteiger partial charge in [-0.1, -0.05) is 6.07 Å². The zero-order valence-corrected chi connectivity index (χ0v) is 14.2. The van der Waals surface area contributed by atoms with Gasteiger partial charge >= 0.3 is 6.09 Å². The summed E-state index contributed by atoms with van der Waals surface area (Å²) in [5.41, 5.74) is 5.37. The molecule has 0 spiro atoms. The second kappa shape index (κ2) is 7.34. The highest BCUT2D eigenvalue weighted by molar-refractivity contribution is 7.13. The fourth-order valence-electron chi connectivity index (χ4n) is 3.01. The van der Waals surface area contributed by atoms with E-state index in [9.17, 15) is 23.5 Å². The third kappa shape index (κ3) is 3.51. The first kappa shape index (κ1) is 18.2. The SMILES string of the molecule is NC1CC(Nc2nccs2)N(C(=O)O)CC1C(=O)c1c(F)cccc1F. The van der Waals surface area contributed by atoms with Crippen molar-refractivity contribution in [3.05, 3.63) is 47.0 Å². The van der Waals surface area contributed by atoms with Gasteiger partial charge in [-0.15, -0.1) is 11.3 Å². The molecule has 26 heavy (non-hydrogen) atoms. The number of hydrogen-bond acceptors (Lipinski definition) is 6. The van der Waals surface area contributed by atoms with E-state index < -0.39 is 47.2 Å². The Morgan fingerprint density at radius 3 is 2.62 bits per heavy atom. The number of benzene rings is 1. The Hall–Kier alpha value is -2.59. The zero-order valence-electron chi connectivity index (χ0n) is 13.4. The van der Waals surface area contributed by atoms with Crippen molar-refractivity contribution in [3.63, 3.8) is 0 Å². The maximum absolute atomic E-state index is 13.9. The molecule has 3 atom stereocenters. The Bertz CT molecular complexity index is 798. The number of nitrogens with one attached hydrogen (secondary N) is 1. The van der Waals surface area contributed by atoms with Gasteiger partial charge in [0.15, 0.2) is 10.9 Å². The predicted molar refractivity (Wildman–Crippen MR) is 91.0 cm³/mol. The average molecular weight is 382 g/mol. The van der Waals surface area contributed by atoms with Crippen LogP contribution in [-0.4, -0.2) is 45.6 Å². The van der Waals surface area contributed by atoms with Crippen molar-refractivity contribution in [3.8, 4) is 0 Å². The molecule has 138 valence electrons. The Kier molecular flexibility index (Phi) is 5.14. The number of aromatic nitrogens is 1. The highest BCUT2D eigenvalue weighted by Crippen LogP contribution is 2.28. The number of anilines is 1. The van der Waals surface area contributed by atoms with E-state index in [2.05, 4.69) is 10.3 Å². The lowest BCUT2D eigenvalue weighted by molar-refractivity contribution is 0.0667. The summed E-state index contributed by atoms with van der Waals surface area (Å²) in [6.07, 6.45) is -0.298. The minimum Gasteiger partial charge on any atom is -0.465 e. The molecule has 1 saturated heterocycles. The third-order valence-electron chi connectivity index (χ3n) is 4.30. The molecule has 1 fully saturated rings. The van der Waals surface area contributed by atoms with Crippen LogP contribution >= 0.6 is 11.3 Å². The van der Waals surface area contributed by atoms with Crippen molar-refractivity contribution in [2.24, 2.45) is 11.7 Å². The number of carbonyl (C=O) groups is 2. The summed E-state index contributed by atoms with van der Waals surface area (Å²) < 4.78 is 27.8. The largest absolute Gasteiger partial charge is 0.465 e. The zero-order chi connectivity index (χ0) is 18.8. The van der Waals surface area contributed by atoms with Gasteiger partial charge in [0.25, 0.3) is 0 Å². The van der Waals surface area contributed by atoms with Crippen LogP contribution in [0.3, 0.4) is 0 Å². The number of rotatable bonds is 4. The summed E-state index contributed by atoms with van der Waals surface area (Å²) in [5, 5.41) is 14.7. The van der Waals surface area contributed by atoms with Crippen LogP contribution < -0.4 is 11.1 Å². The van der Waals surface area contributed by atoms with Gasteiger partial charge in [0.2, 0.25) is 0 Å². The Morgan fingerprint density at radius 2 is 2.04 bits per heavy atom. The van der Waals surface area contributed by atoms with Gasteiger partial charge in [-0.2, -0.15) is 0 Å². The maximum atomic E-state index is 13.9. The Morgan fingerprint density at radius 1 is 1.35 bits per heavy atom. The monoisotopic (exact) mass is 382 g/mol. The molecule has 0 aliphatic carbocycles. The van der Waals surface area contributed by atoms with E-state index in [4.69, 9.17) is 5.73 Å². The molecule has 1 amide bonds. The second-order valence-corrected chi connectivity index (χ2v) is 6.79. The van der Waals surface area contributed by atoms with E-state index >= 15 is 0 Å². The average Bonchev–Trinajstić information content (AvgIpc) is 3.07. The number of carboxylic acid groups (broad SMARTS) is 1. The number of likely N-dealkylation sites (tertiary alicyclic amines) is 1. The van der Waals surface area contributed by atoms with Crippen molar-refractivity contribution in [2.75, 3.05) is 11.9 Å². The molecule has 2 aromatic rings. The minimum absolute atomic E-state index is 0.0956. The van der Waals surface area contributed by atoms with Gasteiger partial charge in [-0.25, -0.2) is 18.6 Å². The van der Waals surface area contributed by atoms with Crippen LogP contribution in [0.5, 0.6) is 0 Å². The molecule has 1 aliphatic rings. The summed E-state index contributed by atoms with van der Waals surface area (Å²) >= 11 is 1.29. The molecule has 1 aliphatic heterocycles. The van der Waals surface area contributed by atoms with Gasteiger partial charge in [-0.05, 0) is 12.1 Å². The molecule has 1 aromatic carbocycles. The van der Waals surface area contributed by atoms with Crippen LogP contribution in [0, 0.1) is 17.6 Å². The van der Waals surface area contributed by atoms with E-state index in [-0.39, 0.29) is 13.0 Å². The van der Waals surface area contributed by atoms with E-state index in [1.807, 2.05) is 0 Å². The normalized spacial score (nSPS) is 22.9. The van der Waals surface area contributed by atoms with E-state index in [1.54, 1.807) is 11.6 Å². The second-order valence-electron chi connectivity index (χ2n) is 5.90. The third-order valence-corrected chi connectivity index (χ3v) is 5.00. The number of amides is 1. The van der Waals surface area contributed by atoms with E-state index in [0.717, 1.165) is 23.1 Å². The molecule has 7 nitrogen and oxygen atoms in total. The van der Waals surface area contributed by atoms with Crippen LogP contribution in [0.1, 0.15) is 16.8 Å². The van der Waals surface area contributed by atoms with Gasteiger partial charge in [0.1, 0.15) is 17.8 Å². The fraction of sp³-hybridized carbons (Fsp3) is 0.312. The molecular weight excluding hydrogens is 366 g/mol. The summed E-state index contributed by atoms with van der Waals surface area (Å²) in [4.78, 5) is 29.3. The molecular formula is C16H16F2N4O3S. The Labute approximate surface area is 151 Å². The van der Waals surface area contributed by atoms with Crippen LogP contribution in [0.2, 0.25) is 0 Å². The predicted octanol–water partition coefficient (Wildman–Crippen LogP) is 2.37. The van der Waals surface area contributed by atoms with Crippen LogP contribution in [0.4, 0.5) is 18.7 Å². The number of ketones is 1. The summed E-state index contributed by atoms with van der Waals surface area (Å²) in [6, 6.07) is 2.34. The first-order chi connectivity index (χ1) is 12.4. The van der Waals surface area contributed by atoms with E-state index in [0.29, 0.717) is 5.13 Å². The summed E-state index contributed by atoms with van der Waals surface area (Å²) in [7, 11) is 0. The first-order valence-electron chi connectivity index (χ1n) is 7.78. The van der Waals surface area contributed by atoms with Crippen molar-refractivity contribution in [2.45, 2.75) is 18.6 Å². The highest BCUT2D eigenvalue weighted by Gasteiger charge is 2.41. The van der Waals surface area contributed by atoms with Gasteiger partial charge < -0.3 is 16.2 Å². The number of piperidine rings is 1. The van der Waals surface area contributed by atoms with Crippen molar-refractivity contribution in [1.82, 2.24) is 9.88 Å². The van der Waals surface area contributed by atoms with Crippen LogP contribution in [0.25, 0.3) is 0 Å². The topological polar surface area (TPSA) is 109 Å². The molecule has 0 bridgehead atoms. The van der Waals surface area contributed by atoms with Crippen LogP contribution in [0.15, 0.2) is 29.8 Å². The lowest BCUT2D eigenvalue weighted by Crippen LogP contribution is -2.58. The lowest BCUT2D eigenvalue weighted by Gasteiger charge is -2.40. The van der Waals surface area contributed by atoms with Crippen molar-refractivity contribution in [1.29, 1.82) is 0 Å². The number of halogens is 2. The molecule has 0 radical (unpaired) electrons. The number of nitrogens with zero attached hydrogens (tertiary/aromatic N) is 2. The minimum atomic E-state index is -1.27. The van der Waals surface area contributed by atoms with Crippen molar-refractivity contribution < 1.29 is 23.5 Å². The van der Waals surface area contributed by atoms with Crippen molar-refractivity contribution >= 4 is 28.3 Å². The number of thiazole rings is 1. The number of Topliss-reactive ketones (excluding diaryl/α,β-unsaturated/α-hetero) is 1. The molecule has 2 heterocycles. The lowest BCUT2D eigenvalue weighted by atomic mass is 9.84. The number of carbonyl (C=O) groups excluding carboxylic acids is 1. The Balaban J connectivity index is 1.84. The first-order valence-corrected chi connectivity index (χ1v) is 8.66. The number of nitrogens with two attached hydrogens (primary N) is 1. The van der Waals surface area contributed by atoms with Gasteiger partial charge in [0, 0.05) is 30.6 Å². The molecule has 4 N–H and O–H groups in total. The number of hydrogen-bond donors (Lipinski definition) is 3.